The Balaban J connectivity index is 0.000000509. The number of carbonyl (C=O) groups is 1. The fourth-order valence-electron chi connectivity index (χ4n) is 2.84. The number of nitrogens with zero attached hydrogens (tertiary/aromatic N) is 2. The molecule has 6 heteroatoms. The molecule has 0 radical (unpaired) electrons. The lowest BCUT2D eigenvalue weighted by molar-refractivity contribution is -0.129. The Hall–Kier alpha value is -3.70. The number of benzene rings is 3. The van der Waals surface area contributed by atoms with Crippen LogP contribution in [0.5, 0.6) is 11.5 Å². The first kappa shape index (κ1) is 26.6. The number of para-hydroxylation sites is 1. The molecule has 176 valence electrons. The zero-order valence-electron chi connectivity index (χ0n) is 19.8. The minimum absolute atomic E-state index is 0.139. The highest BCUT2D eigenvalue weighted by Crippen LogP contribution is 2.25. The van der Waals surface area contributed by atoms with E-state index < -0.39 is 5.97 Å². The van der Waals surface area contributed by atoms with Gasteiger partial charge in [0, 0.05) is 24.2 Å². The summed E-state index contributed by atoms with van der Waals surface area (Å²) in [6.07, 6.45) is 2.08. The van der Waals surface area contributed by atoms with E-state index in [1.165, 1.54) is 14.0 Å². The maximum absolute atomic E-state index is 9.80. The normalized spacial score (nSPS) is 12.0. The number of ether oxygens (including phenoxy) is 1. The van der Waals surface area contributed by atoms with Gasteiger partial charge in [0.2, 0.25) is 0 Å². The summed E-state index contributed by atoms with van der Waals surface area (Å²) in [5, 5.41) is 8.76. The van der Waals surface area contributed by atoms with Crippen molar-refractivity contribution in [2.75, 3.05) is 13.6 Å². The monoisotopic (exact) mass is 476 g/mol. The average Bonchev–Trinajstić information content (AvgIpc) is 2.85. The van der Waals surface area contributed by atoms with Gasteiger partial charge in [-0.05, 0) is 68.3 Å². The van der Waals surface area contributed by atoms with Crippen LogP contribution in [-0.2, 0) is 4.79 Å². The summed E-state index contributed by atoms with van der Waals surface area (Å²) in [5.41, 5.74) is 4.22. The second-order valence-electron chi connectivity index (χ2n) is 7.22. The highest BCUT2D eigenvalue weighted by atomic mass is 35.5. The summed E-state index contributed by atoms with van der Waals surface area (Å²) < 4.78 is 5.86. The molecule has 0 amide bonds. The quantitative estimate of drug-likeness (QED) is 0.366. The molecular formula is C28H29ClN2O3. The molecule has 1 N–H and O–H groups in total. The predicted molar refractivity (Wildman–Crippen MR) is 142 cm³/mol. The number of aliphatic imine (C=N–C) groups is 2. The molecule has 0 aliphatic heterocycles. The first-order valence-electron chi connectivity index (χ1n) is 10.8. The van der Waals surface area contributed by atoms with Crippen molar-refractivity contribution in [2.45, 2.75) is 20.8 Å². The number of carboxylic acid groups (broad SMARTS) is 1. The van der Waals surface area contributed by atoms with Gasteiger partial charge in [-0.1, -0.05) is 60.1 Å². The van der Waals surface area contributed by atoms with E-state index in [1.807, 2.05) is 73.7 Å². The van der Waals surface area contributed by atoms with E-state index in [1.54, 1.807) is 0 Å². The van der Waals surface area contributed by atoms with Gasteiger partial charge in [-0.2, -0.15) is 0 Å². The molecule has 0 fully saturated rings. The molecule has 3 rings (SSSR count). The minimum atomic E-state index is -0.956. The van der Waals surface area contributed by atoms with Gasteiger partial charge in [0.15, 0.2) is 0 Å². The van der Waals surface area contributed by atoms with Gasteiger partial charge in [-0.15, -0.1) is 0 Å². The van der Waals surface area contributed by atoms with Crippen molar-refractivity contribution in [2.24, 2.45) is 9.98 Å². The number of allylic oxidation sites excluding steroid dienone is 2. The van der Waals surface area contributed by atoms with Crippen molar-refractivity contribution in [3.05, 3.63) is 101 Å². The number of halogens is 1. The molecule has 3 aromatic carbocycles. The van der Waals surface area contributed by atoms with Crippen LogP contribution in [0.15, 0.2) is 94.9 Å². The second-order valence-corrected chi connectivity index (χ2v) is 7.63. The number of carboxylic acids is 1. The smallest absolute Gasteiger partial charge is 0.349 e. The van der Waals surface area contributed by atoms with Crippen molar-refractivity contribution in [1.29, 1.82) is 0 Å². The van der Waals surface area contributed by atoms with E-state index in [-0.39, 0.29) is 5.71 Å². The van der Waals surface area contributed by atoms with Gasteiger partial charge < -0.3 is 9.84 Å². The Morgan fingerprint density at radius 1 is 0.941 bits per heavy atom. The van der Waals surface area contributed by atoms with Crippen LogP contribution in [0.4, 0.5) is 0 Å². The third-order valence-corrected chi connectivity index (χ3v) is 5.09. The Morgan fingerprint density at radius 3 is 2.06 bits per heavy atom. The van der Waals surface area contributed by atoms with Crippen LogP contribution in [-0.4, -0.2) is 36.1 Å². The van der Waals surface area contributed by atoms with Gasteiger partial charge in [0.1, 0.15) is 17.2 Å². The molecule has 0 unspecified atom stereocenters. The van der Waals surface area contributed by atoms with Crippen LogP contribution in [0.3, 0.4) is 0 Å². The summed E-state index contributed by atoms with van der Waals surface area (Å²) >= 11 is 6.36. The Bertz CT molecular complexity index is 1170. The summed E-state index contributed by atoms with van der Waals surface area (Å²) in [6, 6.07) is 25.6. The van der Waals surface area contributed by atoms with Crippen LogP contribution in [0.1, 0.15) is 31.9 Å². The van der Waals surface area contributed by atoms with E-state index in [0.717, 1.165) is 33.9 Å². The molecule has 0 aliphatic carbocycles. The summed E-state index contributed by atoms with van der Waals surface area (Å²) in [5.74, 6) is 0.683. The SMILES string of the molecule is CCN=C(/C=C(\C)c1ccc(Oc2ccccc2)cc1)c1ccccc1Cl.CN=C(C)C(=O)O. The summed E-state index contributed by atoms with van der Waals surface area (Å²) in [6.45, 7) is 6.25. The van der Waals surface area contributed by atoms with Gasteiger partial charge in [0.25, 0.3) is 0 Å². The number of rotatable bonds is 7. The molecule has 0 saturated heterocycles. The third-order valence-electron chi connectivity index (χ3n) is 4.76. The van der Waals surface area contributed by atoms with Crippen LogP contribution < -0.4 is 4.74 Å². The molecule has 0 atom stereocenters. The van der Waals surface area contributed by atoms with Crippen LogP contribution in [0, 0.1) is 0 Å². The molecule has 0 spiro atoms. The van der Waals surface area contributed by atoms with E-state index in [9.17, 15) is 4.79 Å². The largest absolute Gasteiger partial charge is 0.477 e. The number of hydrogen-bond donors (Lipinski definition) is 1. The van der Waals surface area contributed by atoms with Gasteiger partial charge in [-0.25, -0.2) is 4.79 Å². The maximum atomic E-state index is 9.80. The zero-order chi connectivity index (χ0) is 24.9. The fraction of sp³-hybridized carbons (Fsp3) is 0.179. The van der Waals surface area contributed by atoms with E-state index in [4.69, 9.17) is 21.4 Å². The topological polar surface area (TPSA) is 71.2 Å². The zero-order valence-corrected chi connectivity index (χ0v) is 20.6. The molecule has 5 nitrogen and oxygen atoms in total. The van der Waals surface area contributed by atoms with Crippen LogP contribution in [0.25, 0.3) is 5.57 Å². The minimum Gasteiger partial charge on any atom is -0.477 e. The highest BCUT2D eigenvalue weighted by Gasteiger charge is 2.07. The van der Waals surface area contributed by atoms with Crippen molar-refractivity contribution < 1.29 is 14.6 Å². The van der Waals surface area contributed by atoms with Gasteiger partial charge in [0.05, 0.1) is 5.71 Å². The van der Waals surface area contributed by atoms with E-state index in [2.05, 4.69) is 35.1 Å². The highest BCUT2D eigenvalue weighted by molar-refractivity contribution is 6.35. The lowest BCUT2D eigenvalue weighted by Gasteiger charge is -2.09. The Morgan fingerprint density at radius 2 is 1.53 bits per heavy atom. The van der Waals surface area contributed by atoms with Crippen LogP contribution in [0.2, 0.25) is 5.02 Å². The lowest BCUT2D eigenvalue weighted by Crippen LogP contribution is -2.06. The molecule has 0 saturated carbocycles. The molecular weight excluding hydrogens is 448 g/mol. The second kappa shape index (κ2) is 13.8. The predicted octanol–water partition coefficient (Wildman–Crippen LogP) is 7.21. The van der Waals surface area contributed by atoms with Crippen molar-refractivity contribution in [3.63, 3.8) is 0 Å². The molecule has 34 heavy (non-hydrogen) atoms. The summed E-state index contributed by atoms with van der Waals surface area (Å²) in [7, 11) is 1.45. The van der Waals surface area contributed by atoms with Crippen LogP contribution >= 0.6 is 11.6 Å². The standard InChI is InChI=1S/C24H22ClNO.C4H7NO2/c1-3-26-24(22-11-7-8-12-23(22)25)17-18(2)19-13-15-21(16-14-19)27-20-9-5-4-6-10-20;1-3(5-2)4(6)7/h4-17H,3H2,1-2H3;1-2H3,(H,6,7)/b18-17+,26-24?;. The van der Waals surface area contributed by atoms with Crippen molar-refractivity contribution in [1.82, 2.24) is 0 Å². The first-order valence-corrected chi connectivity index (χ1v) is 11.2. The Labute approximate surface area is 206 Å². The third kappa shape index (κ3) is 8.34. The lowest BCUT2D eigenvalue weighted by atomic mass is 10.0. The maximum Gasteiger partial charge on any atom is 0.349 e. The number of aliphatic carboxylic acids is 1. The Kier molecular flexibility index (Phi) is 10.7. The molecule has 0 bridgehead atoms. The van der Waals surface area contributed by atoms with Crippen molar-refractivity contribution >= 4 is 34.6 Å². The van der Waals surface area contributed by atoms with Gasteiger partial charge in [-0.3, -0.25) is 9.98 Å². The van der Waals surface area contributed by atoms with Crippen molar-refractivity contribution in [3.8, 4) is 11.5 Å². The molecule has 3 aromatic rings. The molecule has 0 aromatic heterocycles. The van der Waals surface area contributed by atoms with E-state index >= 15 is 0 Å². The van der Waals surface area contributed by atoms with Gasteiger partial charge >= 0.3 is 5.97 Å². The average molecular weight is 477 g/mol. The fourth-order valence-corrected chi connectivity index (χ4v) is 3.07. The molecule has 0 aliphatic rings. The first-order chi connectivity index (χ1) is 16.3. The number of hydrogen-bond acceptors (Lipinski definition) is 4. The summed E-state index contributed by atoms with van der Waals surface area (Å²) in [4.78, 5) is 17.8. The van der Waals surface area contributed by atoms with E-state index in [0.29, 0.717) is 11.6 Å². The molecule has 0 heterocycles.